The van der Waals surface area contributed by atoms with Gasteiger partial charge in [0.1, 0.15) is 5.75 Å². The molecule has 0 aliphatic carbocycles. The smallest absolute Gasteiger partial charge is 0.251 e. The Bertz CT molecular complexity index is 431. The van der Waals surface area contributed by atoms with Crippen molar-refractivity contribution in [1.82, 2.24) is 5.32 Å². The standard InChI is InChI=1S/C14H22N2O4/c1-3-20-13-5-4-10(8-12(13)15)14(18)16-11(6-7-17)9-19-2/h4-5,8,11,17H,3,6-7,9,15H2,1-2H3,(H,16,18). The predicted molar refractivity (Wildman–Crippen MR) is 76.9 cm³/mol. The maximum atomic E-state index is 12.1. The summed E-state index contributed by atoms with van der Waals surface area (Å²) in [6, 6.07) is 4.67. The lowest BCUT2D eigenvalue weighted by atomic mass is 10.1. The second kappa shape index (κ2) is 8.39. The molecule has 1 aromatic rings. The van der Waals surface area contributed by atoms with E-state index in [4.69, 9.17) is 20.3 Å². The van der Waals surface area contributed by atoms with Crippen LogP contribution < -0.4 is 15.8 Å². The number of aliphatic hydroxyl groups excluding tert-OH is 1. The summed E-state index contributed by atoms with van der Waals surface area (Å²) in [6.07, 6.45) is 0.437. The molecule has 0 radical (unpaired) electrons. The molecule has 0 spiro atoms. The van der Waals surface area contributed by atoms with Gasteiger partial charge < -0.3 is 25.6 Å². The molecule has 1 unspecified atom stereocenters. The maximum absolute atomic E-state index is 12.1. The van der Waals surface area contributed by atoms with Crippen molar-refractivity contribution in [2.24, 2.45) is 0 Å². The summed E-state index contributed by atoms with van der Waals surface area (Å²) < 4.78 is 10.3. The van der Waals surface area contributed by atoms with Gasteiger partial charge in [-0.3, -0.25) is 4.79 Å². The van der Waals surface area contributed by atoms with Gasteiger partial charge >= 0.3 is 0 Å². The molecule has 1 amide bonds. The first kappa shape index (κ1) is 16.3. The van der Waals surface area contributed by atoms with Crippen LogP contribution in [0.2, 0.25) is 0 Å². The lowest BCUT2D eigenvalue weighted by molar-refractivity contribution is 0.0878. The van der Waals surface area contributed by atoms with Gasteiger partial charge in [-0.25, -0.2) is 0 Å². The molecular weight excluding hydrogens is 260 g/mol. The lowest BCUT2D eigenvalue weighted by Crippen LogP contribution is -2.38. The molecule has 1 atom stereocenters. The third-order valence-electron chi connectivity index (χ3n) is 2.75. The highest BCUT2D eigenvalue weighted by Crippen LogP contribution is 2.22. The fourth-order valence-electron chi connectivity index (χ4n) is 1.80. The number of amides is 1. The first-order valence-electron chi connectivity index (χ1n) is 6.55. The van der Waals surface area contributed by atoms with Crippen LogP contribution >= 0.6 is 0 Å². The van der Waals surface area contributed by atoms with Crippen LogP contribution in [0.15, 0.2) is 18.2 Å². The summed E-state index contributed by atoms with van der Waals surface area (Å²) in [5.74, 6) is 0.308. The molecule has 0 heterocycles. The molecule has 6 nitrogen and oxygen atoms in total. The third-order valence-corrected chi connectivity index (χ3v) is 2.75. The van der Waals surface area contributed by atoms with E-state index in [1.807, 2.05) is 6.92 Å². The van der Waals surface area contributed by atoms with Gasteiger partial charge in [0.05, 0.1) is 24.9 Å². The van der Waals surface area contributed by atoms with Crippen LogP contribution in [-0.2, 0) is 4.74 Å². The van der Waals surface area contributed by atoms with E-state index in [9.17, 15) is 4.79 Å². The van der Waals surface area contributed by atoms with Crippen LogP contribution in [0.4, 0.5) is 5.69 Å². The highest BCUT2D eigenvalue weighted by Gasteiger charge is 2.14. The molecule has 4 N–H and O–H groups in total. The minimum absolute atomic E-state index is 0.0142. The quantitative estimate of drug-likeness (QED) is 0.613. The van der Waals surface area contributed by atoms with Gasteiger partial charge in [0, 0.05) is 19.3 Å². The lowest BCUT2D eigenvalue weighted by Gasteiger charge is -2.17. The van der Waals surface area contributed by atoms with Gasteiger partial charge in [0.25, 0.3) is 5.91 Å². The molecule has 20 heavy (non-hydrogen) atoms. The van der Waals surface area contributed by atoms with Crippen LogP contribution in [0.5, 0.6) is 5.75 Å². The number of carbonyl (C=O) groups is 1. The molecule has 0 saturated heterocycles. The third kappa shape index (κ3) is 4.71. The van der Waals surface area contributed by atoms with Gasteiger partial charge in [-0.1, -0.05) is 0 Å². The summed E-state index contributed by atoms with van der Waals surface area (Å²) in [7, 11) is 1.55. The molecule has 0 aliphatic heterocycles. The molecule has 0 aromatic heterocycles. The average molecular weight is 282 g/mol. The molecule has 112 valence electrons. The van der Waals surface area contributed by atoms with E-state index in [1.54, 1.807) is 25.3 Å². The normalized spacial score (nSPS) is 11.9. The monoisotopic (exact) mass is 282 g/mol. The minimum Gasteiger partial charge on any atom is -0.492 e. The number of hydrogen-bond donors (Lipinski definition) is 3. The Kier molecular flexibility index (Phi) is 6.83. The van der Waals surface area contributed by atoms with Crippen LogP contribution in [0.3, 0.4) is 0 Å². The van der Waals surface area contributed by atoms with Crippen LogP contribution in [0, 0.1) is 0 Å². The second-order valence-electron chi connectivity index (χ2n) is 4.32. The molecule has 0 aliphatic rings. The topological polar surface area (TPSA) is 93.8 Å². The maximum Gasteiger partial charge on any atom is 0.251 e. The van der Waals surface area contributed by atoms with E-state index in [0.29, 0.717) is 36.6 Å². The molecule has 0 bridgehead atoms. The molecule has 1 aromatic carbocycles. The van der Waals surface area contributed by atoms with Crippen molar-refractivity contribution >= 4 is 11.6 Å². The summed E-state index contributed by atoms with van der Waals surface area (Å²) in [6.45, 7) is 2.71. The number of ether oxygens (including phenoxy) is 2. The number of anilines is 1. The molecular formula is C14H22N2O4. The number of aliphatic hydroxyl groups is 1. The number of rotatable bonds is 8. The van der Waals surface area contributed by atoms with E-state index in [2.05, 4.69) is 5.32 Å². The van der Waals surface area contributed by atoms with Crippen LogP contribution in [0.25, 0.3) is 0 Å². The fraction of sp³-hybridized carbons (Fsp3) is 0.500. The highest BCUT2D eigenvalue weighted by molar-refractivity contribution is 5.95. The Morgan fingerprint density at radius 2 is 2.25 bits per heavy atom. The Hall–Kier alpha value is -1.79. The van der Waals surface area contributed by atoms with Crippen molar-refractivity contribution in [3.8, 4) is 5.75 Å². The number of methoxy groups -OCH3 is 1. The molecule has 0 saturated carbocycles. The van der Waals surface area contributed by atoms with E-state index in [1.165, 1.54) is 0 Å². The number of carbonyl (C=O) groups excluding carboxylic acids is 1. The number of nitrogens with one attached hydrogen (secondary N) is 1. The Balaban J connectivity index is 2.73. The minimum atomic E-state index is -0.254. The SMILES string of the molecule is CCOc1ccc(C(=O)NC(CCO)COC)cc1N. The summed E-state index contributed by atoms with van der Waals surface area (Å²) in [5, 5.41) is 11.7. The zero-order valence-electron chi connectivity index (χ0n) is 11.9. The Morgan fingerprint density at radius 3 is 2.80 bits per heavy atom. The number of hydrogen-bond acceptors (Lipinski definition) is 5. The van der Waals surface area contributed by atoms with Crippen LogP contribution in [-0.4, -0.2) is 44.0 Å². The zero-order valence-corrected chi connectivity index (χ0v) is 11.9. The van der Waals surface area contributed by atoms with Crippen LogP contribution in [0.1, 0.15) is 23.7 Å². The van der Waals surface area contributed by atoms with Crippen molar-refractivity contribution in [1.29, 1.82) is 0 Å². The van der Waals surface area contributed by atoms with Gasteiger partial charge in [-0.05, 0) is 31.5 Å². The summed E-state index contributed by atoms with van der Waals surface area (Å²) in [4.78, 5) is 12.1. The molecule has 1 rings (SSSR count). The zero-order chi connectivity index (χ0) is 15.0. The van der Waals surface area contributed by atoms with Gasteiger partial charge in [0.15, 0.2) is 0 Å². The fourth-order valence-corrected chi connectivity index (χ4v) is 1.80. The second-order valence-corrected chi connectivity index (χ2v) is 4.32. The molecule has 0 fully saturated rings. The molecule has 6 heteroatoms. The van der Waals surface area contributed by atoms with E-state index >= 15 is 0 Å². The van der Waals surface area contributed by atoms with E-state index < -0.39 is 0 Å². The summed E-state index contributed by atoms with van der Waals surface area (Å²) in [5.41, 5.74) is 6.69. The van der Waals surface area contributed by atoms with Gasteiger partial charge in [-0.15, -0.1) is 0 Å². The largest absolute Gasteiger partial charge is 0.492 e. The Labute approximate surface area is 118 Å². The van der Waals surface area contributed by atoms with Crippen molar-refractivity contribution < 1.29 is 19.4 Å². The van der Waals surface area contributed by atoms with Crippen molar-refractivity contribution in [2.45, 2.75) is 19.4 Å². The number of nitrogens with two attached hydrogens (primary N) is 1. The predicted octanol–water partition coefficient (Wildman–Crippen LogP) is 0.795. The first-order chi connectivity index (χ1) is 9.62. The first-order valence-corrected chi connectivity index (χ1v) is 6.55. The van der Waals surface area contributed by atoms with Gasteiger partial charge in [0.2, 0.25) is 0 Å². The highest BCUT2D eigenvalue weighted by atomic mass is 16.5. The van der Waals surface area contributed by atoms with Gasteiger partial charge in [-0.2, -0.15) is 0 Å². The van der Waals surface area contributed by atoms with E-state index in [-0.39, 0.29) is 18.6 Å². The van der Waals surface area contributed by atoms with E-state index in [0.717, 1.165) is 0 Å². The average Bonchev–Trinajstić information content (AvgIpc) is 2.41. The van der Waals surface area contributed by atoms with Crippen molar-refractivity contribution in [2.75, 3.05) is 32.7 Å². The van der Waals surface area contributed by atoms with Crippen molar-refractivity contribution in [3.63, 3.8) is 0 Å². The summed E-state index contributed by atoms with van der Waals surface area (Å²) >= 11 is 0. The Morgan fingerprint density at radius 1 is 1.50 bits per heavy atom. The number of nitrogen functional groups attached to an aromatic ring is 1. The number of benzene rings is 1. The van der Waals surface area contributed by atoms with Crippen molar-refractivity contribution in [3.05, 3.63) is 23.8 Å².